The fraction of sp³-hybridized carbons (Fsp3) is 0.267. The van der Waals surface area contributed by atoms with Crippen LogP contribution in [0.3, 0.4) is 0 Å². The maximum Gasteiger partial charge on any atom is 0.295 e. The van der Waals surface area contributed by atoms with E-state index in [1.807, 2.05) is 19.9 Å². The van der Waals surface area contributed by atoms with E-state index in [0.29, 0.717) is 22.8 Å². The number of anilines is 1. The number of pyridine rings is 1. The van der Waals surface area contributed by atoms with Crippen molar-refractivity contribution in [1.29, 1.82) is 0 Å². The number of hydrogen-bond donors (Lipinski definition) is 1. The predicted molar refractivity (Wildman–Crippen MR) is 81.6 cm³/mol. The van der Waals surface area contributed by atoms with Gasteiger partial charge in [-0.15, -0.1) is 0 Å². The van der Waals surface area contributed by atoms with Gasteiger partial charge in [-0.3, -0.25) is 10.1 Å². The zero-order valence-electron chi connectivity index (χ0n) is 12.2. The highest BCUT2D eigenvalue weighted by Crippen LogP contribution is 2.31. The lowest BCUT2D eigenvalue weighted by atomic mass is 10.1. The zero-order valence-corrected chi connectivity index (χ0v) is 12.2. The van der Waals surface area contributed by atoms with Crippen molar-refractivity contribution >= 4 is 11.5 Å². The Morgan fingerprint density at radius 2 is 2.05 bits per heavy atom. The van der Waals surface area contributed by atoms with Crippen LogP contribution in [0.2, 0.25) is 0 Å². The van der Waals surface area contributed by atoms with Gasteiger partial charge in [-0.05, 0) is 32.0 Å². The molecule has 0 amide bonds. The van der Waals surface area contributed by atoms with Crippen molar-refractivity contribution in [3.05, 3.63) is 46.5 Å². The molecule has 6 heteroatoms. The van der Waals surface area contributed by atoms with Crippen molar-refractivity contribution in [3.63, 3.8) is 0 Å². The predicted octanol–water partition coefficient (Wildman–Crippen LogP) is 3.49. The summed E-state index contributed by atoms with van der Waals surface area (Å²) in [7, 11) is 1.72. The molecule has 1 aromatic heterocycles. The summed E-state index contributed by atoms with van der Waals surface area (Å²) in [5.41, 5.74) is 0.939. The van der Waals surface area contributed by atoms with E-state index in [-0.39, 0.29) is 11.8 Å². The van der Waals surface area contributed by atoms with Crippen molar-refractivity contribution < 1.29 is 9.66 Å². The lowest BCUT2D eigenvalue weighted by molar-refractivity contribution is -0.384. The molecule has 0 aliphatic carbocycles. The first-order valence-corrected chi connectivity index (χ1v) is 6.61. The van der Waals surface area contributed by atoms with Crippen LogP contribution < -0.4 is 10.1 Å². The molecule has 0 saturated carbocycles. The number of benzene rings is 1. The Labute approximate surface area is 122 Å². The van der Waals surface area contributed by atoms with Gasteiger partial charge in [0.25, 0.3) is 5.69 Å². The van der Waals surface area contributed by atoms with E-state index in [9.17, 15) is 10.1 Å². The smallest absolute Gasteiger partial charge is 0.295 e. The topological polar surface area (TPSA) is 77.3 Å². The molecule has 2 aromatic rings. The molecule has 0 fully saturated rings. The fourth-order valence-corrected chi connectivity index (χ4v) is 1.94. The summed E-state index contributed by atoms with van der Waals surface area (Å²) in [5, 5.41) is 14.1. The van der Waals surface area contributed by atoms with E-state index in [1.54, 1.807) is 31.3 Å². The molecule has 0 spiro atoms. The molecule has 0 atom stereocenters. The van der Waals surface area contributed by atoms with Gasteiger partial charge in [0.2, 0.25) is 0 Å². The molecule has 6 nitrogen and oxygen atoms in total. The van der Waals surface area contributed by atoms with Crippen molar-refractivity contribution in [2.45, 2.75) is 20.0 Å². The lowest BCUT2D eigenvalue weighted by Crippen LogP contribution is -2.05. The van der Waals surface area contributed by atoms with Crippen LogP contribution in [0.4, 0.5) is 11.5 Å². The van der Waals surface area contributed by atoms with E-state index in [0.717, 1.165) is 0 Å². The number of aromatic nitrogens is 1. The lowest BCUT2D eigenvalue weighted by Gasteiger charge is -2.11. The first-order chi connectivity index (χ1) is 10.0. The summed E-state index contributed by atoms with van der Waals surface area (Å²) < 4.78 is 5.62. The number of nitrogens with one attached hydrogen (secondary N) is 1. The van der Waals surface area contributed by atoms with Crippen molar-refractivity contribution in [3.8, 4) is 17.0 Å². The van der Waals surface area contributed by atoms with Gasteiger partial charge in [0.1, 0.15) is 11.6 Å². The third-order valence-electron chi connectivity index (χ3n) is 2.81. The molecule has 110 valence electrons. The number of ether oxygens (including phenoxy) is 1. The van der Waals surface area contributed by atoms with Gasteiger partial charge in [0, 0.05) is 18.7 Å². The Bertz CT molecular complexity index is 656. The molecule has 1 heterocycles. The van der Waals surface area contributed by atoms with Crippen LogP contribution in [0.25, 0.3) is 11.3 Å². The summed E-state index contributed by atoms with van der Waals surface area (Å²) >= 11 is 0. The van der Waals surface area contributed by atoms with Gasteiger partial charge in [0.15, 0.2) is 5.69 Å². The molecular formula is C15H17N3O3. The third-order valence-corrected chi connectivity index (χ3v) is 2.81. The van der Waals surface area contributed by atoms with Gasteiger partial charge in [0.05, 0.1) is 11.0 Å². The first-order valence-electron chi connectivity index (χ1n) is 6.61. The van der Waals surface area contributed by atoms with Crippen molar-refractivity contribution in [2.75, 3.05) is 12.4 Å². The van der Waals surface area contributed by atoms with E-state index >= 15 is 0 Å². The molecule has 0 unspecified atom stereocenters. The van der Waals surface area contributed by atoms with Crippen molar-refractivity contribution in [1.82, 2.24) is 4.98 Å². The van der Waals surface area contributed by atoms with E-state index in [2.05, 4.69) is 10.3 Å². The van der Waals surface area contributed by atoms with Crippen LogP contribution in [-0.4, -0.2) is 23.1 Å². The highest BCUT2D eigenvalue weighted by Gasteiger charge is 2.18. The highest BCUT2D eigenvalue weighted by atomic mass is 16.6. The molecule has 0 bridgehead atoms. The average Bonchev–Trinajstić information content (AvgIpc) is 2.46. The number of hydrogen-bond acceptors (Lipinski definition) is 5. The van der Waals surface area contributed by atoms with Crippen LogP contribution in [0, 0.1) is 10.1 Å². The van der Waals surface area contributed by atoms with Gasteiger partial charge >= 0.3 is 0 Å². The summed E-state index contributed by atoms with van der Waals surface area (Å²) in [6, 6.07) is 10.2. The molecular weight excluding hydrogens is 270 g/mol. The minimum Gasteiger partial charge on any atom is -0.491 e. The molecule has 0 radical (unpaired) electrons. The quantitative estimate of drug-likeness (QED) is 0.673. The second-order valence-corrected chi connectivity index (χ2v) is 4.77. The molecule has 0 saturated heterocycles. The van der Waals surface area contributed by atoms with Crippen molar-refractivity contribution in [2.24, 2.45) is 0 Å². The molecule has 21 heavy (non-hydrogen) atoms. The number of nitro groups is 1. The molecule has 2 rings (SSSR count). The second kappa shape index (κ2) is 6.21. The van der Waals surface area contributed by atoms with Crippen LogP contribution in [0.15, 0.2) is 36.4 Å². The maximum atomic E-state index is 11.2. The van der Waals surface area contributed by atoms with Crippen LogP contribution in [-0.2, 0) is 0 Å². The Hall–Kier alpha value is -2.63. The minimum absolute atomic E-state index is 0.0318. The second-order valence-electron chi connectivity index (χ2n) is 4.77. The molecule has 0 aliphatic heterocycles. The number of nitrogens with zero attached hydrogens (tertiary/aromatic N) is 2. The van der Waals surface area contributed by atoms with E-state index in [4.69, 9.17) is 4.74 Å². The van der Waals surface area contributed by atoms with E-state index < -0.39 is 4.92 Å². The summed E-state index contributed by atoms with van der Waals surface area (Å²) in [6.45, 7) is 3.85. The van der Waals surface area contributed by atoms with Crippen LogP contribution in [0.1, 0.15) is 13.8 Å². The summed E-state index contributed by atoms with van der Waals surface area (Å²) in [4.78, 5) is 15.0. The van der Waals surface area contributed by atoms with Gasteiger partial charge in [-0.2, -0.15) is 0 Å². The maximum absolute atomic E-state index is 11.2. The summed E-state index contributed by atoms with van der Waals surface area (Å²) in [6.07, 6.45) is 0.0341. The monoisotopic (exact) mass is 287 g/mol. The number of rotatable bonds is 5. The SMILES string of the molecule is CNc1ccc([N+](=O)[O-])c(-c2cccc(OC(C)C)c2)n1. The van der Waals surface area contributed by atoms with Crippen LogP contribution >= 0.6 is 0 Å². The third kappa shape index (κ3) is 3.47. The Kier molecular flexibility index (Phi) is 4.37. The van der Waals surface area contributed by atoms with Gasteiger partial charge < -0.3 is 10.1 Å². The summed E-state index contributed by atoms with van der Waals surface area (Å²) in [5.74, 6) is 1.24. The zero-order chi connectivity index (χ0) is 15.4. The standard InChI is InChI=1S/C15H17N3O3/c1-10(2)21-12-6-4-5-11(9-12)15-13(18(19)20)7-8-14(16-3)17-15/h4-10H,1-3H3,(H,16,17). The van der Waals surface area contributed by atoms with Gasteiger partial charge in [-0.25, -0.2) is 4.98 Å². The molecule has 1 N–H and O–H groups in total. The normalized spacial score (nSPS) is 10.5. The van der Waals surface area contributed by atoms with Gasteiger partial charge in [-0.1, -0.05) is 12.1 Å². The fourth-order valence-electron chi connectivity index (χ4n) is 1.94. The largest absolute Gasteiger partial charge is 0.491 e. The van der Waals surface area contributed by atoms with Crippen LogP contribution in [0.5, 0.6) is 5.75 Å². The van der Waals surface area contributed by atoms with E-state index in [1.165, 1.54) is 6.07 Å². The minimum atomic E-state index is -0.433. The Morgan fingerprint density at radius 1 is 1.29 bits per heavy atom. The average molecular weight is 287 g/mol. The highest BCUT2D eigenvalue weighted by molar-refractivity contribution is 5.72. The Morgan fingerprint density at radius 3 is 2.67 bits per heavy atom. The first kappa shape index (κ1) is 14.8. The molecule has 1 aromatic carbocycles. The molecule has 0 aliphatic rings. The Balaban J connectivity index is 2.51.